The molecule has 4 heteroatoms. The zero-order valence-corrected chi connectivity index (χ0v) is 15.7. The van der Waals surface area contributed by atoms with Crippen LogP contribution in [-0.2, 0) is 0 Å². The zero-order valence-electron chi connectivity index (χ0n) is 14.7. The molecule has 0 aromatic heterocycles. The largest absolute Gasteiger partial charge is 0.541 e. The maximum atomic E-state index is 6.08. The second-order valence-corrected chi connectivity index (χ2v) is 8.50. The van der Waals surface area contributed by atoms with E-state index >= 15 is 0 Å². The number of aryl methyl sites for hydroxylation is 1. The summed E-state index contributed by atoms with van der Waals surface area (Å²) in [6, 6.07) is 16.8. The van der Waals surface area contributed by atoms with E-state index in [4.69, 9.17) is 9.42 Å². The van der Waals surface area contributed by atoms with Crippen molar-refractivity contribution in [3.63, 3.8) is 0 Å². The molecular formula is C20H25N2OSi. The summed E-state index contributed by atoms with van der Waals surface area (Å²) in [6.45, 7) is 8.55. The molecule has 0 N–H and O–H groups in total. The van der Waals surface area contributed by atoms with E-state index < -0.39 is 9.04 Å². The van der Waals surface area contributed by atoms with Crippen LogP contribution in [-0.4, -0.2) is 32.9 Å². The Labute approximate surface area is 146 Å². The molecule has 2 aromatic rings. The van der Waals surface area contributed by atoms with Gasteiger partial charge in [0.25, 0.3) is 9.04 Å². The first kappa shape index (κ1) is 16.8. The molecule has 0 aliphatic carbocycles. The summed E-state index contributed by atoms with van der Waals surface area (Å²) in [5, 5.41) is 0. The summed E-state index contributed by atoms with van der Waals surface area (Å²) >= 11 is 0. The van der Waals surface area contributed by atoms with Crippen molar-refractivity contribution in [1.82, 2.24) is 4.90 Å². The summed E-state index contributed by atoms with van der Waals surface area (Å²) < 4.78 is 6.08. The number of amidine groups is 1. The molecule has 0 atom stereocenters. The molecule has 1 radical (unpaired) electrons. The highest BCUT2D eigenvalue weighted by atomic mass is 28.3. The number of likely N-dealkylation sites (tertiary alicyclic amines) is 1. The van der Waals surface area contributed by atoms with Crippen LogP contribution in [0.1, 0.15) is 24.0 Å². The van der Waals surface area contributed by atoms with Crippen LogP contribution in [0.4, 0.5) is 5.69 Å². The van der Waals surface area contributed by atoms with Crippen LogP contribution in [0.25, 0.3) is 0 Å². The van der Waals surface area contributed by atoms with Crippen molar-refractivity contribution < 1.29 is 4.43 Å². The van der Waals surface area contributed by atoms with E-state index in [0.717, 1.165) is 30.4 Å². The highest BCUT2D eigenvalue weighted by molar-refractivity contribution is 6.49. The number of nitrogens with zero attached hydrogens (tertiary/aromatic N) is 2. The first-order valence-corrected chi connectivity index (χ1v) is 11.0. The van der Waals surface area contributed by atoms with E-state index in [2.05, 4.69) is 73.4 Å². The molecule has 1 aliphatic heterocycles. The van der Waals surface area contributed by atoms with Crippen molar-refractivity contribution in [1.29, 1.82) is 0 Å². The Morgan fingerprint density at radius 1 is 1.04 bits per heavy atom. The summed E-state index contributed by atoms with van der Waals surface area (Å²) in [6.07, 6.45) is 2.47. The van der Waals surface area contributed by atoms with Crippen LogP contribution in [0.2, 0.25) is 13.1 Å². The summed E-state index contributed by atoms with van der Waals surface area (Å²) in [5.74, 6) is 1.96. The molecule has 0 spiro atoms. The second kappa shape index (κ2) is 7.66. The Morgan fingerprint density at radius 2 is 1.75 bits per heavy atom. The molecule has 0 bridgehead atoms. The van der Waals surface area contributed by atoms with E-state index in [-0.39, 0.29) is 0 Å². The first-order valence-electron chi connectivity index (χ1n) is 8.61. The fraction of sp³-hybridized carbons (Fsp3) is 0.350. The van der Waals surface area contributed by atoms with Crippen molar-refractivity contribution in [3.8, 4) is 5.75 Å². The number of hydrogen-bond acceptors (Lipinski definition) is 2. The molecule has 1 heterocycles. The van der Waals surface area contributed by atoms with Gasteiger partial charge in [0.1, 0.15) is 17.3 Å². The molecule has 2 aromatic carbocycles. The minimum absolute atomic E-state index is 0.822. The molecule has 3 rings (SSSR count). The Morgan fingerprint density at radius 3 is 2.42 bits per heavy atom. The average Bonchev–Trinajstić information content (AvgIpc) is 3.09. The molecule has 1 saturated heterocycles. The van der Waals surface area contributed by atoms with Crippen molar-refractivity contribution in [3.05, 3.63) is 59.7 Å². The van der Waals surface area contributed by atoms with E-state index in [1.165, 1.54) is 24.0 Å². The van der Waals surface area contributed by atoms with E-state index in [9.17, 15) is 0 Å². The van der Waals surface area contributed by atoms with Crippen molar-refractivity contribution >= 4 is 20.6 Å². The number of hydrogen-bond donors (Lipinski definition) is 0. The quantitative estimate of drug-likeness (QED) is 0.455. The first-order chi connectivity index (χ1) is 11.6. The minimum atomic E-state index is -0.822. The van der Waals surface area contributed by atoms with Gasteiger partial charge in [-0.2, -0.15) is 0 Å². The molecule has 0 amide bonds. The van der Waals surface area contributed by atoms with Gasteiger partial charge in [0.05, 0.1) is 0 Å². The summed E-state index contributed by atoms with van der Waals surface area (Å²) in [5.41, 5.74) is 3.31. The zero-order chi connectivity index (χ0) is 16.9. The lowest BCUT2D eigenvalue weighted by atomic mass is 10.1. The number of rotatable bonds is 4. The predicted octanol–water partition coefficient (Wildman–Crippen LogP) is 4.80. The molecule has 3 nitrogen and oxygen atoms in total. The Hall–Kier alpha value is -2.07. The lowest BCUT2D eigenvalue weighted by Gasteiger charge is -2.21. The third kappa shape index (κ3) is 4.06. The molecule has 24 heavy (non-hydrogen) atoms. The highest BCUT2D eigenvalue weighted by Crippen LogP contribution is 2.31. The van der Waals surface area contributed by atoms with Gasteiger partial charge in [-0.1, -0.05) is 36.4 Å². The van der Waals surface area contributed by atoms with Crippen LogP contribution < -0.4 is 4.43 Å². The molecule has 125 valence electrons. The fourth-order valence-electron chi connectivity index (χ4n) is 2.97. The Balaban J connectivity index is 2.05. The number of aliphatic imine (C=N–C) groups is 1. The van der Waals surface area contributed by atoms with Crippen molar-refractivity contribution in [2.24, 2.45) is 4.99 Å². The topological polar surface area (TPSA) is 24.8 Å². The van der Waals surface area contributed by atoms with Gasteiger partial charge in [-0.3, -0.25) is 0 Å². The average molecular weight is 338 g/mol. The monoisotopic (exact) mass is 337 g/mol. The van der Waals surface area contributed by atoms with Gasteiger partial charge in [0, 0.05) is 18.7 Å². The van der Waals surface area contributed by atoms with E-state index in [0.29, 0.717) is 0 Å². The Bertz CT molecular complexity index is 707. The third-order valence-electron chi connectivity index (χ3n) is 4.09. The predicted molar refractivity (Wildman–Crippen MR) is 103 cm³/mol. The highest BCUT2D eigenvalue weighted by Gasteiger charge is 2.19. The molecule has 1 aliphatic rings. The second-order valence-electron chi connectivity index (χ2n) is 6.48. The molecule has 0 unspecified atom stereocenters. The Kier molecular flexibility index (Phi) is 5.36. The van der Waals surface area contributed by atoms with E-state index in [1.807, 2.05) is 0 Å². The lowest BCUT2D eigenvalue weighted by Crippen LogP contribution is -2.28. The van der Waals surface area contributed by atoms with Gasteiger partial charge >= 0.3 is 0 Å². The van der Waals surface area contributed by atoms with Crippen LogP contribution in [0.3, 0.4) is 0 Å². The van der Waals surface area contributed by atoms with Gasteiger partial charge in [-0.05, 0) is 50.6 Å². The van der Waals surface area contributed by atoms with Crippen molar-refractivity contribution in [2.75, 3.05) is 13.1 Å². The van der Waals surface area contributed by atoms with Gasteiger partial charge in [0.2, 0.25) is 0 Å². The molecular weight excluding hydrogens is 312 g/mol. The van der Waals surface area contributed by atoms with Crippen LogP contribution >= 0.6 is 0 Å². The van der Waals surface area contributed by atoms with Gasteiger partial charge in [0.15, 0.2) is 0 Å². The number of benzene rings is 2. The maximum Gasteiger partial charge on any atom is 0.274 e. The van der Waals surface area contributed by atoms with Crippen LogP contribution in [0.15, 0.2) is 53.5 Å². The fourth-order valence-corrected chi connectivity index (χ4v) is 3.58. The maximum absolute atomic E-state index is 6.08. The standard InChI is InChI=1S/C20H25N2OSi/c1-16-11-12-19(23-24(2)3)18(15-16)21-20(22-13-7-8-14-22)17-9-5-4-6-10-17/h4-6,9-12,15H,7-8,13-14H2,1-3H3. The van der Waals surface area contributed by atoms with Gasteiger partial charge in [-0.25, -0.2) is 4.99 Å². The van der Waals surface area contributed by atoms with Gasteiger partial charge in [-0.15, -0.1) is 0 Å². The SMILES string of the molecule is Cc1ccc(O[Si](C)C)c(N=C(c2ccccc2)N2CCCC2)c1. The third-order valence-corrected chi connectivity index (χ3v) is 4.72. The van der Waals surface area contributed by atoms with Crippen molar-refractivity contribution in [2.45, 2.75) is 32.9 Å². The minimum Gasteiger partial charge on any atom is -0.541 e. The smallest absolute Gasteiger partial charge is 0.274 e. The summed E-state index contributed by atoms with van der Waals surface area (Å²) in [4.78, 5) is 7.45. The summed E-state index contributed by atoms with van der Waals surface area (Å²) in [7, 11) is -0.822. The van der Waals surface area contributed by atoms with Gasteiger partial charge < -0.3 is 9.33 Å². The molecule has 1 fully saturated rings. The van der Waals surface area contributed by atoms with Crippen LogP contribution in [0, 0.1) is 6.92 Å². The normalized spacial score (nSPS) is 15.2. The molecule has 0 saturated carbocycles. The van der Waals surface area contributed by atoms with Crippen LogP contribution in [0.5, 0.6) is 5.75 Å². The lowest BCUT2D eigenvalue weighted by molar-refractivity contribution is 0.520. The van der Waals surface area contributed by atoms with E-state index in [1.54, 1.807) is 0 Å².